The molecular formula is C20H22N6O2. The number of hydrogen-bond acceptors (Lipinski definition) is 6. The zero-order valence-corrected chi connectivity index (χ0v) is 16.0. The van der Waals surface area contributed by atoms with E-state index in [2.05, 4.69) is 26.4 Å². The first-order chi connectivity index (χ1) is 13.6. The number of amides is 1. The van der Waals surface area contributed by atoms with Gasteiger partial charge in [0.05, 0.1) is 6.04 Å². The summed E-state index contributed by atoms with van der Waals surface area (Å²) in [4.78, 5) is 26.1. The summed E-state index contributed by atoms with van der Waals surface area (Å²) in [7, 11) is 1.72. The van der Waals surface area contributed by atoms with E-state index < -0.39 is 0 Å². The molecule has 3 aromatic rings. The van der Waals surface area contributed by atoms with Crippen LogP contribution in [-0.2, 0) is 13.5 Å². The van der Waals surface area contributed by atoms with Crippen LogP contribution >= 0.6 is 0 Å². The third-order valence-corrected chi connectivity index (χ3v) is 5.36. The monoisotopic (exact) mass is 378 g/mol. The highest BCUT2D eigenvalue weighted by molar-refractivity contribution is 5.90. The van der Waals surface area contributed by atoms with E-state index in [9.17, 15) is 4.79 Å². The number of aromatic nitrogens is 5. The molecule has 1 N–H and O–H groups in total. The van der Waals surface area contributed by atoms with Crippen molar-refractivity contribution >= 4 is 5.91 Å². The number of fused-ring (bicyclic) bond motifs is 1. The molecule has 8 nitrogen and oxygen atoms in total. The molecule has 0 saturated heterocycles. The third-order valence-electron chi connectivity index (χ3n) is 5.36. The second kappa shape index (κ2) is 6.54. The number of hydrogen-bond donors (Lipinski definition) is 1. The molecule has 8 heteroatoms. The van der Waals surface area contributed by atoms with E-state index in [0.29, 0.717) is 23.5 Å². The molecule has 1 atom stereocenters. The Labute approximate surface area is 162 Å². The van der Waals surface area contributed by atoms with Crippen LogP contribution in [0.2, 0.25) is 0 Å². The first-order valence-corrected chi connectivity index (χ1v) is 9.73. The van der Waals surface area contributed by atoms with Gasteiger partial charge in [-0.2, -0.15) is 5.10 Å². The molecule has 0 aromatic carbocycles. The maximum atomic E-state index is 12.7. The number of carbonyl (C=O) groups excluding carboxylic acids is 1. The minimum absolute atomic E-state index is 0.185. The lowest BCUT2D eigenvalue weighted by Crippen LogP contribution is -2.32. The normalized spacial score (nSPS) is 18.7. The number of pyridine rings is 1. The van der Waals surface area contributed by atoms with Crippen LogP contribution in [0.1, 0.15) is 71.2 Å². The molecule has 1 fully saturated rings. The predicted molar refractivity (Wildman–Crippen MR) is 101 cm³/mol. The lowest BCUT2D eigenvalue weighted by atomic mass is 9.97. The fraction of sp³-hybridized carbons (Fsp3) is 0.450. The van der Waals surface area contributed by atoms with Gasteiger partial charge in [-0.1, -0.05) is 0 Å². The molecule has 2 aliphatic carbocycles. The van der Waals surface area contributed by atoms with Gasteiger partial charge in [-0.15, -0.1) is 0 Å². The molecule has 28 heavy (non-hydrogen) atoms. The van der Waals surface area contributed by atoms with Crippen molar-refractivity contribution in [2.75, 3.05) is 0 Å². The first kappa shape index (κ1) is 17.1. The van der Waals surface area contributed by atoms with Crippen LogP contribution in [-0.4, -0.2) is 30.6 Å². The number of nitrogens with zero attached hydrogens (tertiary/aromatic N) is 5. The molecule has 0 bridgehead atoms. The van der Waals surface area contributed by atoms with Crippen molar-refractivity contribution in [1.82, 2.24) is 30.0 Å². The Kier molecular flexibility index (Phi) is 3.99. The smallest absolute Gasteiger partial charge is 0.289 e. The van der Waals surface area contributed by atoms with Gasteiger partial charge < -0.3 is 9.73 Å². The van der Waals surface area contributed by atoms with Gasteiger partial charge in [0, 0.05) is 36.8 Å². The highest BCUT2D eigenvalue weighted by Gasteiger charge is 2.30. The first-order valence-electron chi connectivity index (χ1n) is 9.73. The number of carbonyl (C=O) groups is 1. The Hall–Kier alpha value is -3.03. The summed E-state index contributed by atoms with van der Waals surface area (Å²) in [6.07, 6.45) is 6.82. The summed E-state index contributed by atoms with van der Waals surface area (Å²) in [6, 6.07) is 3.82. The summed E-state index contributed by atoms with van der Waals surface area (Å²) >= 11 is 0. The van der Waals surface area contributed by atoms with Crippen molar-refractivity contribution in [3.8, 4) is 11.5 Å². The Balaban J connectivity index is 1.41. The SMILES string of the molecule is Cc1nc(C(=O)NC2CCCc3oc(-c4ccnc(C5CC5)c4)nc32)n(C)n1. The molecule has 5 rings (SSSR count). The molecule has 3 aromatic heterocycles. The number of nitrogens with one attached hydrogen (secondary N) is 1. The van der Waals surface area contributed by atoms with Crippen LogP contribution in [0.5, 0.6) is 0 Å². The van der Waals surface area contributed by atoms with Gasteiger partial charge in [0.2, 0.25) is 11.7 Å². The topological polar surface area (TPSA) is 98.7 Å². The summed E-state index contributed by atoms with van der Waals surface area (Å²) in [5, 5.41) is 7.20. The fourth-order valence-electron chi connectivity index (χ4n) is 3.80. The fourth-order valence-corrected chi connectivity index (χ4v) is 3.80. The summed E-state index contributed by atoms with van der Waals surface area (Å²) in [6.45, 7) is 1.77. The largest absolute Gasteiger partial charge is 0.441 e. The Morgan fingerprint density at radius 1 is 1.29 bits per heavy atom. The Morgan fingerprint density at radius 2 is 2.14 bits per heavy atom. The van der Waals surface area contributed by atoms with Gasteiger partial charge in [-0.25, -0.2) is 14.6 Å². The summed E-state index contributed by atoms with van der Waals surface area (Å²) in [5.74, 6) is 2.66. The average molecular weight is 378 g/mol. The molecule has 1 saturated carbocycles. The second-order valence-electron chi connectivity index (χ2n) is 7.60. The van der Waals surface area contributed by atoms with E-state index in [1.54, 1.807) is 14.0 Å². The average Bonchev–Trinajstić information content (AvgIpc) is 3.35. The minimum Gasteiger partial charge on any atom is -0.441 e. The highest BCUT2D eigenvalue weighted by Crippen LogP contribution is 2.40. The lowest BCUT2D eigenvalue weighted by Gasteiger charge is -2.20. The Bertz CT molecular complexity index is 1050. The molecule has 0 radical (unpaired) electrons. The highest BCUT2D eigenvalue weighted by atomic mass is 16.4. The van der Waals surface area contributed by atoms with E-state index >= 15 is 0 Å². The lowest BCUT2D eigenvalue weighted by molar-refractivity contribution is 0.0916. The van der Waals surface area contributed by atoms with Crippen molar-refractivity contribution < 1.29 is 9.21 Å². The van der Waals surface area contributed by atoms with Gasteiger partial charge in [0.1, 0.15) is 17.3 Å². The van der Waals surface area contributed by atoms with Crippen molar-refractivity contribution in [2.24, 2.45) is 7.05 Å². The maximum absolute atomic E-state index is 12.7. The van der Waals surface area contributed by atoms with E-state index in [1.807, 2.05) is 12.3 Å². The van der Waals surface area contributed by atoms with Gasteiger partial charge in [0.15, 0.2) is 0 Å². The summed E-state index contributed by atoms with van der Waals surface area (Å²) in [5.41, 5.74) is 2.87. The number of aryl methyl sites for hydroxylation is 3. The summed E-state index contributed by atoms with van der Waals surface area (Å²) < 4.78 is 7.57. The van der Waals surface area contributed by atoms with Crippen LogP contribution in [0, 0.1) is 6.92 Å². The van der Waals surface area contributed by atoms with E-state index in [-0.39, 0.29) is 11.9 Å². The molecule has 1 amide bonds. The van der Waals surface area contributed by atoms with Crippen molar-refractivity contribution in [1.29, 1.82) is 0 Å². The number of rotatable bonds is 4. The molecule has 3 heterocycles. The van der Waals surface area contributed by atoms with Crippen LogP contribution in [0.15, 0.2) is 22.7 Å². The minimum atomic E-state index is -0.245. The zero-order valence-electron chi connectivity index (χ0n) is 16.0. The molecule has 2 aliphatic rings. The van der Waals surface area contributed by atoms with Crippen LogP contribution in [0.4, 0.5) is 0 Å². The third kappa shape index (κ3) is 3.08. The second-order valence-corrected chi connectivity index (χ2v) is 7.60. The Morgan fingerprint density at radius 3 is 2.89 bits per heavy atom. The standard InChI is InChI=1S/C20H22N6O2/c1-11-22-18(26(2)25-11)19(27)23-14-4-3-5-16-17(14)24-20(28-16)13-8-9-21-15(10-13)12-6-7-12/h8-10,12,14H,3-7H2,1-2H3,(H,23,27). The molecule has 0 aliphatic heterocycles. The van der Waals surface area contributed by atoms with Crippen molar-refractivity contribution in [3.05, 3.63) is 47.1 Å². The van der Waals surface area contributed by atoms with Crippen LogP contribution in [0.3, 0.4) is 0 Å². The van der Waals surface area contributed by atoms with Gasteiger partial charge in [-0.05, 0) is 44.7 Å². The molecular weight excluding hydrogens is 356 g/mol. The van der Waals surface area contributed by atoms with Crippen LogP contribution in [0.25, 0.3) is 11.5 Å². The van der Waals surface area contributed by atoms with Gasteiger partial charge >= 0.3 is 0 Å². The van der Waals surface area contributed by atoms with Gasteiger partial charge in [0.25, 0.3) is 5.91 Å². The number of oxazole rings is 1. The maximum Gasteiger partial charge on any atom is 0.289 e. The molecule has 144 valence electrons. The zero-order chi connectivity index (χ0) is 19.3. The van der Waals surface area contributed by atoms with Gasteiger partial charge in [-0.3, -0.25) is 9.78 Å². The predicted octanol–water partition coefficient (Wildman–Crippen LogP) is 2.86. The quantitative estimate of drug-likeness (QED) is 0.749. The van der Waals surface area contributed by atoms with E-state index in [0.717, 1.165) is 42.0 Å². The van der Waals surface area contributed by atoms with E-state index in [1.165, 1.54) is 17.5 Å². The van der Waals surface area contributed by atoms with Crippen molar-refractivity contribution in [3.63, 3.8) is 0 Å². The van der Waals surface area contributed by atoms with E-state index in [4.69, 9.17) is 9.40 Å². The molecule has 0 spiro atoms. The molecule has 1 unspecified atom stereocenters. The van der Waals surface area contributed by atoms with Crippen LogP contribution < -0.4 is 5.32 Å². The van der Waals surface area contributed by atoms with Crippen molar-refractivity contribution in [2.45, 2.75) is 51.0 Å².